The van der Waals surface area contributed by atoms with E-state index in [1.165, 1.54) is 34.8 Å². The minimum atomic E-state index is -1.22. The maximum Gasteiger partial charge on any atom is 0.303 e. The van der Waals surface area contributed by atoms with Crippen molar-refractivity contribution in [3.63, 3.8) is 0 Å². The average Bonchev–Trinajstić information content (AvgIpc) is 2.70. The Hall–Kier alpha value is -3.34. The Labute approximate surface area is 185 Å². The van der Waals surface area contributed by atoms with Gasteiger partial charge in [0, 0.05) is 27.7 Å². The predicted octanol–water partition coefficient (Wildman–Crippen LogP) is 0.730. The molecule has 1 amide bonds. The lowest BCUT2D eigenvalue weighted by Gasteiger charge is -2.44. The summed E-state index contributed by atoms with van der Waals surface area (Å²) in [5.74, 6) is -1.76. The third-order valence-electron chi connectivity index (χ3n) is 4.38. The smallest absolute Gasteiger partial charge is 0.303 e. The summed E-state index contributed by atoms with van der Waals surface area (Å²) in [6.07, 6.45) is -4.66. The van der Waals surface area contributed by atoms with E-state index in [0.717, 1.165) is 0 Å². The minimum absolute atomic E-state index is 0.286. The lowest BCUT2D eigenvalue weighted by Crippen LogP contribution is -2.67. The van der Waals surface area contributed by atoms with Gasteiger partial charge in [-0.2, -0.15) is 0 Å². The van der Waals surface area contributed by atoms with Crippen LogP contribution in [0.5, 0.6) is 11.5 Å². The fraction of sp³-hybridized carbons (Fsp3) is 0.524. The number of carbonyl (C=O) groups excluding carboxylic acids is 4. The second-order valence-corrected chi connectivity index (χ2v) is 6.99. The maximum atomic E-state index is 11.9. The molecule has 0 radical (unpaired) electrons. The summed E-state index contributed by atoms with van der Waals surface area (Å²) in [5.41, 5.74) is 0. The van der Waals surface area contributed by atoms with E-state index in [0.29, 0.717) is 5.75 Å². The number of amides is 1. The Balaban J connectivity index is 2.48. The zero-order valence-corrected chi connectivity index (χ0v) is 18.5. The molecule has 11 nitrogen and oxygen atoms in total. The summed E-state index contributed by atoms with van der Waals surface area (Å²) < 4.78 is 33.0. The SMILES string of the molecule is COc1ccccc1O[C@@H]1O[C@H](COC(C)=O)[C@H](OC(C)=O)[C@H](OC(C)=O)[C@@H]1NC(C)=O. The molecule has 1 heterocycles. The number of methoxy groups -OCH3 is 1. The Morgan fingerprint density at radius 2 is 1.50 bits per heavy atom. The van der Waals surface area contributed by atoms with Gasteiger partial charge in [-0.15, -0.1) is 0 Å². The number of hydrogen-bond donors (Lipinski definition) is 1. The molecule has 0 bridgehead atoms. The highest BCUT2D eigenvalue weighted by Gasteiger charge is 2.52. The molecule has 32 heavy (non-hydrogen) atoms. The van der Waals surface area contributed by atoms with E-state index >= 15 is 0 Å². The van der Waals surface area contributed by atoms with E-state index < -0.39 is 54.5 Å². The first kappa shape index (κ1) is 24.9. The van der Waals surface area contributed by atoms with E-state index in [-0.39, 0.29) is 12.4 Å². The molecule has 1 aromatic rings. The summed E-state index contributed by atoms with van der Waals surface area (Å²) in [6, 6.07) is 5.65. The molecule has 176 valence electrons. The lowest BCUT2D eigenvalue weighted by molar-refractivity contribution is -0.257. The van der Waals surface area contributed by atoms with Crippen molar-refractivity contribution in [2.24, 2.45) is 0 Å². The molecule has 0 aliphatic carbocycles. The second kappa shape index (κ2) is 11.3. The molecule has 1 aliphatic rings. The average molecular weight is 453 g/mol. The molecular formula is C21H27NO10. The fourth-order valence-electron chi connectivity index (χ4n) is 3.23. The van der Waals surface area contributed by atoms with Crippen LogP contribution < -0.4 is 14.8 Å². The zero-order chi connectivity index (χ0) is 23.8. The van der Waals surface area contributed by atoms with E-state index in [1.54, 1.807) is 24.3 Å². The van der Waals surface area contributed by atoms with Crippen LogP contribution in [0.2, 0.25) is 0 Å². The number of carbonyl (C=O) groups is 4. The van der Waals surface area contributed by atoms with Gasteiger partial charge in [0.1, 0.15) is 18.8 Å². The molecule has 1 aliphatic heterocycles. The van der Waals surface area contributed by atoms with Crippen molar-refractivity contribution in [2.75, 3.05) is 13.7 Å². The topological polar surface area (TPSA) is 136 Å². The summed E-state index contributed by atoms with van der Waals surface area (Å²) in [4.78, 5) is 46.9. The summed E-state index contributed by atoms with van der Waals surface area (Å²) in [6.45, 7) is 4.48. The lowest BCUT2D eigenvalue weighted by atomic mass is 9.96. The molecule has 0 spiro atoms. The van der Waals surface area contributed by atoms with Gasteiger partial charge in [-0.05, 0) is 12.1 Å². The minimum Gasteiger partial charge on any atom is -0.493 e. The van der Waals surface area contributed by atoms with Gasteiger partial charge in [-0.1, -0.05) is 12.1 Å². The van der Waals surface area contributed by atoms with Gasteiger partial charge in [0.05, 0.1) is 7.11 Å². The van der Waals surface area contributed by atoms with Crippen molar-refractivity contribution in [3.8, 4) is 11.5 Å². The normalized spacial score (nSPS) is 24.6. The number of esters is 3. The van der Waals surface area contributed by atoms with Gasteiger partial charge in [-0.3, -0.25) is 19.2 Å². The molecular weight excluding hydrogens is 426 g/mol. The quantitative estimate of drug-likeness (QED) is 0.443. The predicted molar refractivity (Wildman–Crippen MR) is 108 cm³/mol. The number of hydrogen-bond acceptors (Lipinski definition) is 10. The van der Waals surface area contributed by atoms with Crippen LogP contribution in [0.1, 0.15) is 27.7 Å². The van der Waals surface area contributed by atoms with Crippen molar-refractivity contribution in [2.45, 2.75) is 58.3 Å². The van der Waals surface area contributed by atoms with Crippen molar-refractivity contribution in [1.29, 1.82) is 0 Å². The van der Waals surface area contributed by atoms with Crippen molar-refractivity contribution in [3.05, 3.63) is 24.3 Å². The van der Waals surface area contributed by atoms with Crippen molar-refractivity contribution < 1.29 is 47.6 Å². The maximum absolute atomic E-state index is 11.9. The molecule has 1 saturated heterocycles. The van der Waals surface area contributed by atoms with E-state index in [4.69, 9.17) is 28.4 Å². The molecule has 0 aromatic heterocycles. The van der Waals surface area contributed by atoms with Crippen LogP contribution in [0, 0.1) is 0 Å². The first-order valence-corrected chi connectivity index (χ1v) is 9.82. The van der Waals surface area contributed by atoms with Crippen molar-refractivity contribution >= 4 is 23.8 Å². The van der Waals surface area contributed by atoms with Crippen LogP contribution in [-0.2, 0) is 38.1 Å². The molecule has 1 fully saturated rings. The van der Waals surface area contributed by atoms with Crippen LogP contribution in [0.4, 0.5) is 0 Å². The molecule has 1 N–H and O–H groups in total. The van der Waals surface area contributed by atoms with Gasteiger partial charge < -0.3 is 33.7 Å². The van der Waals surface area contributed by atoms with Gasteiger partial charge in [-0.25, -0.2) is 0 Å². The van der Waals surface area contributed by atoms with Gasteiger partial charge in [0.15, 0.2) is 23.7 Å². The number of nitrogens with one attached hydrogen (secondary N) is 1. The van der Waals surface area contributed by atoms with Crippen LogP contribution in [0.3, 0.4) is 0 Å². The molecule has 1 aromatic carbocycles. The summed E-state index contributed by atoms with van der Waals surface area (Å²) in [7, 11) is 1.46. The Morgan fingerprint density at radius 3 is 2.03 bits per heavy atom. The summed E-state index contributed by atoms with van der Waals surface area (Å²) >= 11 is 0. The van der Waals surface area contributed by atoms with Gasteiger partial charge in [0.2, 0.25) is 12.2 Å². The summed E-state index contributed by atoms with van der Waals surface area (Å²) in [5, 5.41) is 2.63. The number of rotatable bonds is 8. The molecule has 0 unspecified atom stereocenters. The van der Waals surface area contributed by atoms with Gasteiger partial charge >= 0.3 is 17.9 Å². The van der Waals surface area contributed by atoms with E-state index in [2.05, 4.69) is 5.32 Å². The van der Waals surface area contributed by atoms with Crippen LogP contribution in [0.15, 0.2) is 24.3 Å². The Kier molecular flexibility index (Phi) is 8.82. The fourth-order valence-corrected chi connectivity index (χ4v) is 3.23. The first-order valence-electron chi connectivity index (χ1n) is 9.82. The third-order valence-corrected chi connectivity index (χ3v) is 4.38. The van der Waals surface area contributed by atoms with Gasteiger partial charge in [0.25, 0.3) is 0 Å². The number of benzene rings is 1. The largest absolute Gasteiger partial charge is 0.493 e. The van der Waals surface area contributed by atoms with E-state index in [9.17, 15) is 19.2 Å². The molecule has 11 heteroatoms. The highest BCUT2D eigenvalue weighted by atomic mass is 16.7. The molecule has 5 atom stereocenters. The highest BCUT2D eigenvalue weighted by molar-refractivity contribution is 5.73. The first-order chi connectivity index (χ1) is 15.1. The van der Waals surface area contributed by atoms with E-state index in [1.807, 2.05) is 0 Å². The van der Waals surface area contributed by atoms with Crippen LogP contribution in [-0.4, -0.2) is 68.2 Å². The standard InChI is InChI=1S/C21H27NO10/c1-11(23)22-18-20(30-14(4)26)19(29-13(3)25)17(10-28-12(2)24)32-21(18)31-16-9-7-6-8-15(16)27-5/h6-9,17-21H,10H2,1-5H3,(H,22,23)/t17-,18+,19+,20-,21-/m1/s1. The van der Waals surface area contributed by atoms with Crippen LogP contribution in [0.25, 0.3) is 0 Å². The van der Waals surface area contributed by atoms with Crippen LogP contribution >= 0.6 is 0 Å². The monoisotopic (exact) mass is 453 g/mol. The Bertz CT molecular complexity index is 842. The van der Waals surface area contributed by atoms with Crippen molar-refractivity contribution in [1.82, 2.24) is 5.32 Å². The molecule has 2 rings (SSSR count). The second-order valence-electron chi connectivity index (χ2n) is 6.99. The third kappa shape index (κ3) is 6.84. The molecule has 0 saturated carbocycles. The number of ether oxygens (including phenoxy) is 6. The number of para-hydroxylation sites is 2. The highest BCUT2D eigenvalue weighted by Crippen LogP contribution is 2.32. The zero-order valence-electron chi connectivity index (χ0n) is 18.5. The Morgan fingerprint density at radius 1 is 0.906 bits per heavy atom.